The predicted molar refractivity (Wildman–Crippen MR) is 81.1 cm³/mol. The molecule has 0 saturated heterocycles. The third-order valence-corrected chi connectivity index (χ3v) is 3.82. The molecule has 0 fully saturated rings. The predicted octanol–water partition coefficient (Wildman–Crippen LogP) is 3.17. The molecule has 5 nitrogen and oxygen atoms in total. The minimum atomic E-state index is 0.242. The number of halogens is 1. The molecule has 7 heteroatoms. The molecule has 0 atom stereocenters. The lowest BCUT2D eigenvalue weighted by molar-refractivity contribution is 0.637. The van der Waals surface area contributed by atoms with Gasteiger partial charge in [0.15, 0.2) is 0 Å². The Morgan fingerprint density at radius 2 is 2.30 bits per heavy atom. The number of thiophene rings is 1. The van der Waals surface area contributed by atoms with Crippen LogP contribution in [0.25, 0.3) is 10.4 Å². The van der Waals surface area contributed by atoms with Gasteiger partial charge >= 0.3 is 0 Å². The molecule has 0 spiro atoms. The van der Waals surface area contributed by atoms with Crippen LogP contribution in [0.1, 0.15) is 0 Å². The van der Waals surface area contributed by atoms with Gasteiger partial charge in [0, 0.05) is 30.0 Å². The van der Waals surface area contributed by atoms with E-state index in [1.807, 2.05) is 34.5 Å². The smallest absolute Gasteiger partial charge is 0.224 e. The van der Waals surface area contributed by atoms with Crippen molar-refractivity contribution in [2.45, 2.75) is 6.54 Å². The number of anilines is 1. The Balaban J connectivity index is 1.76. The van der Waals surface area contributed by atoms with E-state index >= 15 is 0 Å². The van der Waals surface area contributed by atoms with Crippen molar-refractivity contribution in [2.75, 3.05) is 11.9 Å². The van der Waals surface area contributed by atoms with Gasteiger partial charge in [-0.2, -0.15) is 5.10 Å². The van der Waals surface area contributed by atoms with Crippen LogP contribution in [0, 0.1) is 0 Å². The molecular formula is C13H12ClN5S. The molecule has 0 aliphatic carbocycles. The minimum Gasteiger partial charge on any atom is -0.368 e. The van der Waals surface area contributed by atoms with Crippen LogP contribution >= 0.6 is 22.9 Å². The van der Waals surface area contributed by atoms with Crippen molar-refractivity contribution in [3.8, 4) is 10.4 Å². The Morgan fingerprint density at radius 3 is 3.05 bits per heavy atom. The zero-order valence-electron chi connectivity index (χ0n) is 10.5. The average Bonchev–Trinajstić information content (AvgIpc) is 3.11. The lowest BCUT2D eigenvalue weighted by Gasteiger charge is -2.10. The van der Waals surface area contributed by atoms with Gasteiger partial charge in [0.05, 0.1) is 12.1 Å². The van der Waals surface area contributed by atoms with Gasteiger partial charge in [0.25, 0.3) is 0 Å². The first-order valence-corrected chi connectivity index (χ1v) is 7.36. The summed E-state index contributed by atoms with van der Waals surface area (Å²) in [5, 5.41) is 9.72. The van der Waals surface area contributed by atoms with Crippen LogP contribution in [0.15, 0.2) is 42.2 Å². The highest BCUT2D eigenvalue weighted by Crippen LogP contribution is 2.30. The molecule has 3 aromatic heterocycles. The van der Waals surface area contributed by atoms with Crippen molar-refractivity contribution in [1.29, 1.82) is 0 Å². The molecule has 0 aliphatic heterocycles. The van der Waals surface area contributed by atoms with Crippen LogP contribution in [-0.2, 0) is 6.54 Å². The molecule has 1 N–H and O–H groups in total. The van der Waals surface area contributed by atoms with Gasteiger partial charge in [-0.15, -0.1) is 11.3 Å². The highest BCUT2D eigenvalue weighted by molar-refractivity contribution is 7.13. The Bertz CT molecular complexity index is 666. The Hall–Kier alpha value is -1.92. The quantitative estimate of drug-likeness (QED) is 0.736. The summed E-state index contributed by atoms with van der Waals surface area (Å²) in [4.78, 5) is 9.44. The summed E-state index contributed by atoms with van der Waals surface area (Å²) in [6, 6.07) is 5.94. The van der Waals surface area contributed by atoms with E-state index < -0.39 is 0 Å². The van der Waals surface area contributed by atoms with Crippen LogP contribution in [0.5, 0.6) is 0 Å². The number of hydrogen-bond acceptors (Lipinski definition) is 5. The van der Waals surface area contributed by atoms with E-state index in [9.17, 15) is 0 Å². The van der Waals surface area contributed by atoms with E-state index in [0.717, 1.165) is 22.8 Å². The number of hydrogen-bond donors (Lipinski definition) is 1. The van der Waals surface area contributed by atoms with Gasteiger partial charge in [-0.3, -0.25) is 4.68 Å². The van der Waals surface area contributed by atoms with Gasteiger partial charge in [0.2, 0.25) is 5.28 Å². The summed E-state index contributed by atoms with van der Waals surface area (Å²) < 4.78 is 1.86. The van der Waals surface area contributed by atoms with Crippen molar-refractivity contribution < 1.29 is 0 Å². The molecule has 0 saturated carbocycles. The van der Waals surface area contributed by atoms with Gasteiger partial charge in [0.1, 0.15) is 5.82 Å². The second-order valence-corrected chi connectivity index (χ2v) is 5.36. The Morgan fingerprint density at radius 1 is 1.35 bits per heavy atom. The van der Waals surface area contributed by atoms with Crippen molar-refractivity contribution in [1.82, 2.24) is 19.7 Å². The summed E-state index contributed by atoms with van der Waals surface area (Å²) in [6.45, 7) is 1.48. The summed E-state index contributed by atoms with van der Waals surface area (Å²) >= 11 is 7.53. The number of nitrogens with zero attached hydrogens (tertiary/aromatic N) is 4. The molecule has 3 heterocycles. The largest absolute Gasteiger partial charge is 0.368 e. The first-order valence-electron chi connectivity index (χ1n) is 6.10. The second kappa shape index (κ2) is 6.02. The number of aromatic nitrogens is 4. The Kier molecular flexibility index (Phi) is 3.94. The highest BCUT2D eigenvalue weighted by Gasteiger charge is 2.09. The monoisotopic (exact) mass is 305 g/mol. The molecule has 3 rings (SSSR count). The molecule has 0 unspecified atom stereocenters. The lowest BCUT2D eigenvalue weighted by Crippen LogP contribution is -2.12. The zero-order chi connectivity index (χ0) is 13.8. The van der Waals surface area contributed by atoms with Gasteiger partial charge in [-0.25, -0.2) is 9.97 Å². The minimum absolute atomic E-state index is 0.242. The maximum atomic E-state index is 5.88. The van der Waals surface area contributed by atoms with E-state index in [4.69, 9.17) is 11.6 Å². The first-order chi connectivity index (χ1) is 9.83. The van der Waals surface area contributed by atoms with Crippen molar-refractivity contribution in [3.63, 3.8) is 0 Å². The first kappa shape index (κ1) is 13.1. The van der Waals surface area contributed by atoms with Crippen LogP contribution in [0.2, 0.25) is 5.28 Å². The third-order valence-electron chi connectivity index (χ3n) is 2.74. The fourth-order valence-corrected chi connectivity index (χ4v) is 2.70. The number of rotatable bonds is 5. The molecule has 3 aromatic rings. The molecule has 0 aliphatic rings. The summed E-state index contributed by atoms with van der Waals surface area (Å²) in [7, 11) is 0. The van der Waals surface area contributed by atoms with Gasteiger partial charge < -0.3 is 5.32 Å². The number of nitrogens with one attached hydrogen (secondary N) is 1. The van der Waals surface area contributed by atoms with E-state index in [1.54, 1.807) is 23.7 Å². The van der Waals surface area contributed by atoms with Crippen molar-refractivity contribution >= 4 is 28.8 Å². The molecule has 0 radical (unpaired) electrons. The lowest BCUT2D eigenvalue weighted by atomic mass is 10.2. The molecule has 20 heavy (non-hydrogen) atoms. The molecule has 0 aromatic carbocycles. The van der Waals surface area contributed by atoms with E-state index in [-0.39, 0.29) is 5.28 Å². The summed E-state index contributed by atoms with van der Waals surface area (Å²) in [5.41, 5.74) is 0.963. The highest BCUT2D eigenvalue weighted by atomic mass is 35.5. The van der Waals surface area contributed by atoms with Gasteiger partial charge in [-0.1, -0.05) is 6.07 Å². The summed E-state index contributed by atoms with van der Waals surface area (Å²) in [6.07, 6.45) is 5.44. The Labute approximate surface area is 125 Å². The summed E-state index contributed by atoms with van der Waals surface area (Å²) in [5.74, 6) is 0.750. The molecule has 0 bridgehead atoms. The van der Waals surface area contributed by atoms with Crippen LogP contribution in [0.4, 0.5) is 5.82 Å². The van der Waals surface area contributed by atoms with E-state index in [2.05, 4.69) is 20.4 Å². The van der Waals surface area contributed by atoms with Crippen LogP contribution in [-0.4, -0.2) is 26.3 Å². The topological polar surface area (TPSA) is 55.6 Å². The van der Waals surface area contributed by atoms with Crippen LogP contribution < -0.4 is 5.32 Å². The standard InChI is InChI=1S/C13H12ClN5S/c14-13-16-9-10(11-3-1-8-20-11)12(18-13)15-5-7-19-6-2-4-17-19/h1-4,6,8-9H,5,7H2,(H,15,16,18). The fraction of sp³-hybridized carbons (Fsp3) is 0.154. The van der Waals surface area contributed by atoms with Crippen molar-refractivity contribution in [2.24, 2.45) is 0 Å². The zero-order valence-corrected chi connectivity index (χ0v) is 12.1. The van der Waals surface area contributed by atoms with E-state index in [1.165, 1.54) is 0 Å². The van der Waals surface area contributed by atoms with Gasteiger partial charge in [-0.05, 0) is 29.1 Å². The maximum Gasteiger partial charge on any atom is 0.224 e. The molecule has 0 amide bonds. The van der Waals surface area contributed by atoms with E-state index in [0.29, 0.717) is 6.54 Å². The second-order valence-electron chi connectivity index (χ2n) is 4.07. The van der Waals surface area contributed by atoms with Crippen molar-refractivity contribution in [3.05, 3.63) is 47.5 Å². The van der Waals surface area contributed by atoms with Crippen LogP contribution in [0.3, 0.4) is 0 Å². The molecule has 102 valence electrons. The average molecular weight is 306 g/mol. The molecular weight excluding hydrogens is 294 g/mol. The maximum absolute atomic E-state index is 5.88. The fourth-order valence-electron chi connectivity index (χ4n) is 1.83. The SMILES string of the molecule is Clc1ncc(-c2cccs2)c(NCCn2cccn2)n1. The third kappa shape index (κ3) is 2.97. The normalized spacial score (nSPS) is 10.7.